The highest BCUT2D eigenvalue weighted by Gasteiger charge is 2.38. The molecular weight excluding hydrogens is 871 g/mol. The van der Waals surface area contributed by atoms with Gasteiger partial charge in [0.15, 0.2) is 11.5 Å². The lowest BCUT2D eigenvalue weighted by atomic mass is 9.90. The molecule has 3 saturated heterocycles. The number of carbonyl (C=O) groups excluding carboxylic acids is 2. The molecule has 15 heteroatoms. The number of aromatic nitrogens is 5. The molecule has 60 heavy (non-hydrogen) atoms. The Morgan fingerprint density at radius 3 is 2.27 bits per heavy atom. The van der Waals surface area contributed by atoms with E-state index < -0.39 is 5.60 Å². The molecule has 2 atom stereocenters. The number of piperidine rings is 3. The lowest BCUT2D eigenvalue weighted by molar-refractivity contribution is -0.134. The zero-order valence-corrected chi connectivity index (χ0v) is 35.8. The molecule has 3 aliphatic heterocycles. The maximum Gasteiger partial charge on any atom is 0.278 e. The predicted molar refractivity (Wildman–Crippen MR) is 242 cm³/mol. The summed E-state index contributed by atoms with van der Waals surface area (Å²) in [6.07, 6.45) is 10.1. The van der Waals surface area contributed by atoms with Gasteiger partial charge in [0.25, 0.3) is 5.56 Å². The smallest absolute Gasteiger partial charge is 0.278 e. The average Bonchev–Trinajstić information content (AvgIpc) is 3.75. The molecule has 2 amide bonds. The first-order chi connectivity index (χ1) is 29.2. The third kappa shape index (κ3) is 8.06. The maximum atomic E-state index is 13.5. The van der Waals surface area contributed by atoms with E-state index in [9.17, 15) is 19.5 Å². The van der Waals surface area contributed by atoms with Crippen LogP contribution in [0, 0.1) is 5.92 Å². The van der Waals surface area contributed by atoms with Crippen molar-refractivity contribution in [2.24, 2.45) is 5.92 Å². The maximum absolute atomic E-state index is 13.5. The third-order valence-corrected chi connectivity index (χ3v) is 14.1. The summed E-state index contributed by atoms with van der Waals surface area (Å²) in [5.74, 6) is 0.908. The first-order valence-corrected chi connectivity index (χ1v) is 22.6. The highest BCUT2D eigenvalue weighted by Crippen LogP contribution is 2.38. The van der Waals surface area contributed by atoms with Crippen molar-refractivity contribution in [2.75, 3.05) is 52.3 Å². The van der Waals surface area contributed by atoms with Crippen molar-refractivity contribution >= 4 is 68.4 Å². The van der Waals surface area contributed by atoms with Crippen LogP contribution < -0.4 is 31.3 Å². The van der Waals surface area contributed by atoms with Gasteiger partial charge < -0.3 is 25.5 Å². The van der Waals surface area contributed by atoms with Crippen molar-refractivity contribution in [2.45, 2.75) is 75.5 Å². The molecule has 312 valence electrons. The molecule has 9 rings (SSSR count). The van der Waals surface area contributed by atoms with Gasteiger partial charge >= 0.3 is 0 Å². The number of amides is 2. The molecule has 4 aliphatic rings. The van der Waals surface area contributed by atoms with Crippen molar-refractivity contribution in [1.29, 1.82) is 0 Å². The fourth-order valence-electron chi connectivity index (χ4n) is 9.28. The third-order valence-electron chi connectivity index (χ3n) is 12.8. The van der Waals surface area contributed by atoms with Gasteiger partial charge in [-0.15, -0.1) is 6.58 Å². The van der Waals surface area contributed by atoms with Gasteiger partial charge in [0, 0.05) is 66.3 Å². The van der Waals surface area contributed by atoms with Crippen LogP contribution in [0.4, 0.5) is 23.0 Å². The van der Waals surface area contributed by atoms with E-state index in [1.165, 1.54) is 11.4 Å². The van der Waals surface area contributed by atoms with Gasteiger partial charge in [-0.2, -0.15) is 4.98 Å². The van der Waals surface area contributed by atoms with Crippen LogP contribution in [0.2, 0.25) is 0 Å². The normalized spacial score (nSPS) is 21.3. The molecule has 0 spiro atoms. The number of carbonyl (C=O) groups is 2. The minimum Gasteiger partial charge on any atom is -0.383 e. The summed E-state index contributed by atoms with van der Waals surface area (Å²) in [6, 6.07) is 21.1. The largest absolute Gasteiger partial charge is 0.383 e. The molecule has 0 radical (unpaired) electrons. The van der Waals surface area contributed by atoms with E-state index in [1.807, 2.05) is 36.4 Å². The second-order valence-corrected chi connectivity index (χ2v) is 17.4. The highest BCUT2D eigenvalue weighted by molar-refractivity contribution is 14.1. The number of pyridine rings is 1. The summed E-state index contributed by atoms with van der Waals surface area (Å²) < 4.78 is 3.79. The molecule has 5 aromatic rings. The zero-order valence-electron chi connectivity index (χ0n) is 33.7. The highest BCUT2D eigenvalue weighted by atomic mass is 127. The Kier molecular flexibility index (Phi) is 11.5. The Labute approximate surface area is 362 Å². The molecule has 4 N–H and O–H groups in total. The minimum absolute atomic E-state index is 0.181. The minimum atomic E-state index is -1.00. The van der Waals surface area contributed by atoms with Crippen LogP contribution in [0.25, 0.3) is 16.9 Å². The Morgan fingerprint density at radius 2 is 1.58 bits per heavy atom. The molecule has 6 heterocycles. The van der Waals surface area contributed by atoms with Crippen molar-refractivity contribution in [3.8, 4) is 5.82 Å². The second-order valence-electron chi connectivity index (χ2n) is 16.6. The standard InChI is InChI=1S/C45H51IN10O4/c1-2-21-55-43(59)37-27-48-44(52-41(37)56(55)38-13-5-31-15-20-45(60,28-46)40(31)50-38)49-33-6-10-35(11-7-33)53-22-16-29(17-23-53)26-47-32-18-24-54(25-19-32)34-8-3-30(4-9-34)36-12-14-39(57)51-42(36)58/h2-11,13,27,29,32,36,47,60H,1,12,14-26,28H2,(H,48,49,52)(H,51,57,58)/t36-,45+/m1/s1. The SMILES string of the molecule is C=CCn1c(=O)c2cnc(Nc3ccc(N4CCC(CNC5CCN(c6ccc([C@H]7CCC(=O)NC7=O)cc6)CC5)CC4)cc3)nc2n1-c1ccc2c(n1)[C@@](O)(CI)CC2. The van der Waals surface area contributed by atoms with Crippen molar-refractivity contribution < 1.29 is 14.7 Å². The van der Waals surface area contributed by atoms with Gasteiger partial charge in [-0.3, -0.25) is 19.7 Å². The molecular formula is C45H51IN10O4. The number of halogens is 1. The Bertz CT molecular complexity index is 2450. The van der Waals surface area contributed by atoms with E-state index in [1.54, 1.807) is 21.6 Å². The molecule has 1 aliphatic carbocycles. The summed E-state index contributed by atoms with van der Waals surface area (Å²) in [7, 11) is 0. The fourth-order valence-corrected chi connectivity index (χ4v) is 10.0. The number of aliphatic hydroxyl groups is 1. The molecule has 0 saturated carbocycles. The van der Waals surface area contributed by atoms with Crippen molar-refractivity contribution in [1.82, 2.24) is 34.9 Å². The Balaban J connectivity index is 0.772. The fraction of sp³-hybridized carbons (Fsp3) is 0.422. The number of hydrogen-bond acceptors (Lipinski definition) is 11. The number of imide groups is 1. The molecule has 0 unspecified atom stereocenters. The van der Waals surface area contributed by atoms with Crippen LogP contribution in [0.3, 0.4) is 0 Å². The van der Waals surface area contributed by atoms with Gasteiger partial charge in [-0.05, 0) is 111 Å². The van der Waals surface area contributed by atoms with E-state index >= 15 is 0 Å². The monoisotopic (exact) mass is 922 g/mol. The quantitative estimate of drug-likeness (QED) is 0.0544. The van der Waals surface area contributed by atoms with Gasteiger partial charge in [0.2, 0.25) is 17.8 Å². The number of rotatable bonds is 12. The van der Waals surface area contributed by atoms with E-state index in [4.69, 9.17) is 9.97 Å². The number of hydrogen-bond donors (Lipinski definition) is 4. The van der Waals surface area contributed by atoms with Gasteiger partial charge in [0.05, 0.1) is 18.2 Å². The van der Waals surface area contributed by atoms with Gasteiger partial charge in [-0.25, -0.2) is 19.3 Å². The van der Waals surface area contributed by atoms with Crippen molar-refractivity contribution in [3.63, 3.8) is 0 Å². The van der Waals surface area contributed by atoms with E-state index in [0.717, 1.165) is 81.6 Å². The molecule has 3 aromatic heterocycles. The number of anilines is 4. The number of nitrogens with zero attached hydrogens (tertiary/aromatic N) is 7. The van der Waals surface area contributed by atoms with Crippen LogP contribution in [-0.2, 0) is 28.2 Å². The number of allylic oxidation sites excluding steroid dienone is 1. The molecule has 2 aromatic carbocycles. The van der Waals surface area contributed by atoms with Crippen LogP contribution in [0.15, 0.2) is 84.3 Å². The Morgan fingerprint density at radius 1 is 0.883 bits per heavy atom. The number of aryl methyl sites for hydroxylation is 1. The lowest BCUT2D eigenvalue weighted by Crippen LogP contribution is -2.45. The molecule has 0 bridgehead atoms. The second kappa shape index (κ2) is 17.1. The van der Waals surface area contributed by atoms with E-state index in [-0.39, 0.29) is 29.8 Å². The summed E-state index contributed by atoms with van der Waals surface area (Å²) in [4.78, 5) is 56.5. The number of nitrogens with one attached hydrogen (secondary N) is 3. The summed E-state index contributed by atoms with van der Waals surface area (Å²) >= 11 is 2.20. The number of benzene rings is 2. The predicted octanol–water partition coefficient (Wildman–Crippen LogP) is 5.47. The topological polar surface area (TPSA) is 163 Å². The summed E-state index contributed by atoms with van der Waals surface area (Å²) in [5.41, 5.74) is 5.06. The van der Waals surface area contributed by atoms with Crippen LogP contribution in [-0.4, -0.2) is 84.4 Å². The lowest BCUT2D eigenvalue weighted by Gasteiger charge is -2.37. The van der Waals surface area contributed by atoms with E-state index in [2.05, 4.69) is 84.2 Å². The number of fused-ring (bicyclic) bond motifs is 2. The summed E-state index contributed by atoms with van der Waals surface area (Å²) in [5, 5.41) is 21.3. The Hall–Kier alpha value is -5.13. The van der Waals surface area contributed by atoms with Crippen molar-refractivity contribution in [3.05, 3.63) is 107 Å². The summed E-state index contributed by atoms with van der Waals surface area (Å²) in [6.45, 7) is 9.19. The van der Waals surface area contributed by atoms with Gasteiger partial charge in [0.1, 0.15) is 11.0 Å². The average molecular weight is 923 g/mol. The molecule has 14 nitrogen and oxygen atoms in total. The van der Waals surface area contributed by atoms with Gasteiger partial charge in [-0.1, -0.05) is 46.9 Å². The first-order valence-electron chi connectivity index (χ1n) is 21.1. The molecule has 3 fully saturated rings. The van der Waals surface area contributed by atoms with Crippen LogP contribution in [0.5, 0.6) is 0 Å². The van der Waals surface area contributed by atoms with E-state index in [0.29, 0.717) is 64.1 Å². The van der Waals surface area contributed by atoms with Crippen LogP contribution >= 0.6 is 22.6 Å². The first kappa shape index (κ1) is 40.3. The number of alkyl halides is 1. The zero-order chi connectivity index (χ0) is 41.4. The van der Waals surface area contributed by atoms with Crippen LogP contribution in [0.1, 0.15) is 67.7 Å².